The highest BCUT2D eigenvalue weighted by Crippen LogP contribution is 2.25. The van der Waals surface area contributed by atoms with Crippen molar-refractivity contribution in [1.29, 1.82) is 0 Å². The van der Waals surface area contributed by atoms with E-state index in [9.17, 15) is 0 Å². The molecule has 1 aromatic heterocycles. The van der Waals surface area contributed by atoms with Crippen LogP contribution in [0.4, 0.5) is 5.82 Å². The van der Waals surface area contributed by atoms with Crippen molar-refractivity contribution in [3.8, 4) is 5.69 Å². The number of fused-ring (bicyclic) bond motifs is 1. The highest BCUT2D eigenvalue weighted by molar-refractivity contribution is 5.95. The number of aliphatic imine (C=N–C) groups is 1. The molecule has 5 nitrogen and oxygen atoms in total. The van der Waals surface area contributed by atoms with E-state index in [0.29, 0.717) is 6.54 Å². The van der Waals surface area contributed by atoms with Crippen LogP contribution >= 0.6 is 0 Å². The summed E-state index contributed by atoms with van der Waals surface area (Å²) in [6, 6.07) is 10.3. The number of anilines is 1. The van der Waals surface area contributed by atoms with Crippen molar-refractivity contribution < 1.29 is 0 Å². The molecule has 5 heteroatoms. The Balaban J connectivity index is 1.57. The number of likely N-dealkylation sites (tertiary alicyclic amines) is 1. The van der Waals surface area contributed by atoms with E-state index in [1.54, 1.807) is 0 Å². The molecule has 0 atom stereocenters. The zero-order chi connectivity index (χ0) is 15.5. The number of nitrogens with one attached hydrogen (secondary N) is 1. The lowest BCUT2D eigenvalue weighted by molar-refractivity contribution is 0.359. The molecule has 1 N–H and O–H groups in total. The summed E-state index contributed by atoms with van der Waals surface area (Å²) >= 11 is 0. The van der Waals surface area contributed by atoms with E-state index in [-0.39, 0.29) is 0 Å². The van der Waals surface area contributed by atoms with Crippen LogP contribution < -0.4 is 5.32 Å². The van der Waals surface area contributed by atoms with E-state index in [1.165, 1.54) is 32.1 Å². The van der Waals surface area contributed by atoms with Crippen molar-refractivity contribution in [3.63, 3.8) is 0 Å². The zero-order valence-electron chi connectivity index (χ0n) is 13.4. The van der Waals surface area contributed by atoms with E-state index in [2.05, 4.69) is 27.4 Å². The van der Waals surface area contributed by atoms with Crippen LogP contribution in [-0.2, 0) is 6.54 Å². The van der Waals surface area contributed by atoms with Crippen LogP contribution in [0.2, 0.25) is 0 Å². The third kappa shape index (κ3) is 2.96. The molecule has 0 aliphatic carbocycles. The Bertz CT molecular complexity index is 681. The summed E-state index contributed by atoms with van der Waals surface area (Å²) in [6.07, 6.45) is 8.46. The number of hydrogen-bond acceptors (Lipinski definition) is 4. The first-order valence-corrected chi connectivity index (χ1v) is 8.60. The fourth-order valence-corrected chi connectivity index (χ4v) is 3.34. The molecule has 0 radical (unpaired) electrons. The Morgan fingerprint density at radius 2 is 1.65 bits per heavy atom. The van der Waals surface area contributed by atoms with Crippen molar-refractivity contribution in [2.24, 2.45) is 4.99 Å². The lowest BCUT2D eigenvalue weighted by atomic mass is 10.1. The van der Waals surface area contributed by atoms with Crippen LogP contribution in [0.15, 0.2) is 41.5 Å². The maximum atomic E-state index is 4.75. The number of aromatic nitrogens is 2. The van der Waals surface area contributed by atoms with Gasteiger partial charge in [-0.2, -0.15) is 5.10 Å². The van der Waals surface area contributed by atoms with Crippen molar-refractivity contribution in [2.75, 3.05) is 18.4 Å². The molecule has 23 heavy (non-hydrogen) atoms. The van der Waals surface area contributed by atoms with Crippen molar-refractivity contribution in [2.45, 2.75) is 38.6 Å². The summed E-state index contributed by atoms with van der Waals surface area (Å²) in [4.78, 5) is 7.16. The van der Waals surface area contributed by atoms with Gasteiger partial charge in [-0.25, -0.2) is 9.67 Å². The normalized spacial score (nSPS) is 18.4. The molecule has 2 aromatic rings. The number of hydrogen-bond donors (Lipinski definition) is 1. The first-order valence-electron chi connectivity index (χ1n) is 8.60. The molecule has 0 amide bonds. The average molecular weight is 309 g/mol. The van der Waals surface area contributed by atoms with Crippen molar-refractivity contribution in [3.05, 3.63) is 42.1 Å². The highest BCUT2D eigenvalue weighted by atomic mass is 15.4. The topological polar surface area (TPSA) is 45.5 Å². The molecule has 0 spiro atoms. The maximum absolute atomic E-state index is 4.75. The molecule has 4 rings (SSSR count). The first kappa shape index (κ1) is 14.3. The quantitative estimate of drug-likeness (QED) is 0.878. The maximum Gasteiger partial charge on any atom is 0.199 e. The van der Waals surface area contributed by atoms with Gasteiger partial charge in [0, 0.05) is 18.7 Å². The van der Waals surface area contributed by atoms with Crippen LogP contribution in [0.1, 0.15) is 37.7 Å². The Labute approximate surface area is 137 Å². The van der Waals surface area contributed by atoms with Gasteiger partial charge in [0.15, 0.2) is 5.96 Å². The molecule has 0 unspecified atom stereocenters. The standard InChI is InChI=1S/C18H23N5/c1-2-7-11-22(12-8-3-1)18-19-13-15-14-20-23(17(15)21-18)16-9-5-4-6-10-16/h4-6,9-10,14H,1-3,7-8,11-13H2,(H,19,21). The van der Waals surface area contributed by atoms with Gasteiger partial charge in [-0.15, -0.1) is 0 Å². The van der Waals surface area contributed by atoms with Gasteiger partial charge in [-0.05, 0) is 25.0 Å². The van der Waals surface area contributed by atoms with E-state index in [4.69, 9.17) is 4.99 Å². The smallest absolute Gasteiger partial charge is 0.199 e. The number of para-hydroxylation sites is 1. The Kier molecular flexibility index (Phi) is 4.01. The Hall–Kier alpha value is -2.30. The molecular weight excluding hydrogens is 286 g/mol. The molecule has 2 aliphatic rings. The summed E-state index contributed by atoms with van der Waals surface area (Å²) in [5.74, 6) is 2.07. The molecule has 3 heterocycles. The number of nitrogens with zero attached hydrogens (tertiary/aromatic N) is 4. The van der Waals surface area contributed by atoms with E-state index < -0.39 is 0 Å². The van der Waals surface area contributed by atoms with Gasteiger partial charge in [0.2, 0.25) is 0 Å². The van der Waals surface area contributed by atoms with Crippen LogP contribution in [0, 0.1) is 0 Å². The van der Waals surface area contributed by atoms with Gasteiger partial charge in [0.25, 0.3) is 0 Å². The van der Waals surface area contributed by atoms with E-state index >= 15 is 0 Å². The predicted molar refractivity (Wildman–Crippen MR) is 93.0 cm³/mol. The summed E-state index contributed by atoms with van der Waals surface area (Å²) in [7, 11) is 0. The Morgan fingerprint density at radius 3 is 2.43 bits per heavy atom. The second kappa shape index (κ2) is 6.44. The minimum Gasteiger partial charge on any atom is -0.343 e. The van der Waals surface area contributed by atoms with Gasteiger partial charge < -0.3 is 10.2 Å². The molecule has 0 bridgehead atoms. The zero-order valence-corrected chi connectivity index (χ0v) is 13.4. The van der Waals surface area contributed by atoms with Crippen molar-refractivity contribution >= 4 is 11.8 Å². The predicted octanol–water partition coefficient (Wildman–Crippen LogP) is 3.42. The van der Waals surface area contributed by atoms with Crippen molar-refractivity contribution in [1.82, 2.24) is 14.7 Å². The van der Waals surface area contributed by atoms with E-state index in [1.807, 2.05) is 29.1 Å². The number of guanidine groups is 1. The molecule has 120 valence electrons. The van der Waals surface area contributed by atoms with Crippen LogP contribution in [0.5, 0.6) is 0 Å². The second-order valence-electron chi connectivity index (χ2n) is 6.29. The number of rotatable bonds is 1. The largest absolute Gasteiger partial charge is 0.343 e. The summed E-state index contributed by atoms with van der Waals surface area (Å²) in [5.41, 5.74) is 2.24. The SMILES string of the molecule is c1ccc(-n2ncc3c2NC(N2CCCCCCC2)=NC3)cc1. The van der Waals surface area contributed by atoms with E-state index in [0.717, 1.165) is 36.1 Å². The Morgan fingerprint density at radius 1 is 0.913 bits per heavy atom. The minimum atomic E-state index is 0.709. The minimum absolute atomic E-state index is 0.709. The fraction of sp³-hybridized carbons (Fsp3) is 0.444. The monoisotopic (exact) mass is 309 g/mol. The lowest BCUT2D eigenvalue weighted by Gasteiger charge is -2.30. The van der Waals surface area contributed by atoms with Gasteiger partial charge in [0.1, 0.15) is 5.82 Å². The fourth-order valence-electron chi connectivity index (χ4n) is 3.34. The average Bonchev–Trinajstić information content (AvgIpc) is 2.98. The molecule has 2 aliphatic heterocycles. The second-order valence-corrected chi connectivity index (χ2v) is 6.29. The summed E-state index contributed by atoms with van der Waals surface area (Å²) in [5, 5.41) is 8.08. The van der Waals surface area contributed by atoms with Crippen LogP contribution in [0.25, 0.3) is 5.69 Å². The molecule has 1 saturated heterocycles. The van der Waals surface area contributed by atoms with Gasteiger partial charge in [-0.1, -0.05) is 37.5 Å². The summed E-state index contributed by atoms with van der Waals surface area (Å²) in [6.45, 7) is 2.91. The lowest BCUT2D eigenvalue weighted by Crippen LogP contribution is -2.40. The van der Waals surface area contributed by atoms with Gasteiger partial charge >= 0.3 is 0 Å². The summed E-state index contributed by atoms with van der Waals surface area (Å²) < 4.78 is 1.98. The number of benzene rings is 1. The van der Waals surface area contributed by atoms with Gasteiger partial charge in [0.05, 0.1) is 18.4 Å². The van der Waals surface area contributed by atoms with Crippen LogP contribution in [-0.4, -0.2) is 33.7 Å². The first-order chi connectivity index (χ1) is 11.4. The van der Waals surface area contributed by atoms with Gasteiger partial charge in [-0.3, -0.25) is 0 Å². The third-order valence-electron chi connectivity index (χ3n) is 4.63. The molecule has 1 aromatic carbocycles. The molecular formula is C18H23N5. The highest BCUT2D eigenvalue weighted by Gasteiger charge is 2.22. The molecule has 0 saturated carbocycles. The molecule has 1 fully saturated rings. The van der Waals surface area contributed by atoms with Crippen LogP contribution in [0.3, 0.4) is 0 Å². The third-order valence-corrected chi connectivity index (χ3v) is 4.63.